The van der Waals surface area contributed by atoms with Gasteiger partial charge in [0, 0.05) is 12.1 Å². The third-order valence-corrected chi connectivity index (χ3v) is 3.82. The number of ether oxygens (including phenoxy) is 1. The molecule has 1 aliphatic heterocycles. The Morgan fingerprint density at radius 3 is 2.33 bits per heavy atom. The first-order valence-electron chi connectivity index (χ1n) is 6.39. The van der Waals surface area contributed by atoms with Crippen LogP contribution in [0.4, 0.5) is 0 Å². The molecule has 1 unspecified atom stereocenters. The molecular weight excluding hydrogens is 228 g/mol. The lowest BCUT2D eigenvalue weighted by molar-refractivity contribution is -0.0739. The Kier molecular flexibility index (Phi) is 2.89. The standard InChI is InChI=1S/C14H22N2O2/c1-9-11(8-17)10(2)16(15-9)12-7-13(3,4)18-14(12,5)6/h8,12H,7H2,1-6H3. The summed E-state index contributed by atoms with van der Waals surface area (Å²) in [5.41, 5.74) is 2.01. The van der Waals surface area contributed by atoms with Crippen LogP contribution in [0.25, 0.3) is 0 Å². The summed E-state index contributed by atoms with van der Waals surface area (Å²) in [6.07, 6.45) is 1.79. The molecule has 0 N–H and O–H groups in total. The highest BCUT2D eigenvalue weighted by atomic mass is 16.5. The minimum absolute atomic E-state index is 0.151. The lowest BCUT2D eigenvalue weighted by atomic mass is 9.94. The zero-order valence-corrected chi connectivity index (χ0v) is 12.1. The van der Waals surface area contributed by atoms with Gasteiger partial charge >= 0.3 is 0 Å². The quantitative estimate of drug-likeness (QED) is 0.758. The third-order valence-electron chi connectivity index (χ3n) is 3.82. The molecule has 0 bridgehead atoms. The zero-order valence-electron chi connectivity index (χ0n) is 12.1. The van der Waals surface area contributed by atoms with Gasteiger partial charge in [0.25, 0.3) is 0 Å². The summed E-state index contributed by atoms with van der Waals surface area (Å²) in [7, 11) is 0. The first kappa shape index (κ1) is 13.3. The van der Waals surface area contributed by atoms with Gasteiger partial charge in [-0.25, -0.2) is 0 Å². The van der Waals surface area contributed by atoms with Crippen LogP contribution < -0.4 is 0 Å². The van der Waals surface area contributed by atoms with Gasteiger partial charge in [-0.05, 0) is 41.5 Å². The van der Waals surface area contributed by atoms with E-state index < -0.39 is 0 Å². The fourth-order valence-electron chi connectivity index (χ4n) is 3.06. The molecule has 0 amide bonds. The van der Waals surface area contributed by atoms with Crippen LogP contribution in [0, 0.1) is 13.8 Å². The average molecular weight is 250 g/mol. The summed E-state index contributed by atoms with van der Waals surface area (Å²) in [4.78, 5) is 11.1. The lowest BCUT2D eigenvalue weighted by Crippen LogP contribution is -2.32. The highest BCUT2D eigenvalue weighted by molar-refractivity contribution is 5.78. The molecule has 0 radical (unpaired) electrons. The third kappa shape index (κ3) is 1.99. The Labute approximate surface area is 108 Å². The Hall–Kier alpha value is -1.16. The van der Waals surface area contributed by atoms with Gasteiger partial charge in [0.1, 0.15) is 0 Å². The molecule has 1 aromatic rings. The van der Waals surface area contributed by atoms with Gasteiger partial charge < -0.3 is 4.74 Å². The lowest BCUT2D eigenvalue weighted by Gasteiger charge is -2.28. The average Bonchev–Trinajstić information content (AvgIpc) is 2.60. The maximum Gasteiger partial charge on any atom is 0.153 e. The van der Waals surface area contributed by atoms with Crippen LogP contribution in [0.2, 0.25) is 0 Å². The second-order valence-electron chi connectivity index (χ2n) is 6.33. The van der Waals surface area contributed by atoms with E-state index in [1.165, 1.54) is 0 Å². The van der Waals surface area contributed by atoms with Crippen molar-refractivity contribution in [3.63, 3.8) is 0 Å². The van der Waals surface area contributed by atoms with E-state index in [0.717, 1.165) is 24.1 Å². The SMILES string of the molecule is Cc1nn(C2CC(C)(C)OC2(C)C)c(C)c1C=O. The van der Waals surface area contributed by atoms with Gasteiger partial charge in [0.05, 0.1) is 28.5 Å². The smallest absolute Gasteiger partial charge is 0.153 e. The van der Waals surface area contributed by atoms with E-state index in [2.05, 4.69) is 32.8 Å². The van der Waals surface area contributed by atoms with Crippen molar-refractivity contribution in [1.29, 1.82) is 0 Å². The van der Waals surface area contributed by atoms with E-state index in [1.54, 1.807) is 0 Å². The molecule has 0 aliphatic carbocycles. The zero-order chi connectivity index (χ0) is 13.7. The molecule has 1 atom stereocenters. The predicted molar refractivity (Wildman–Crippen MR) is 70.0 cm³/mol. The minimum Gasteiger partial charge on any atom is -0.367 e. The van der Waals surface area contributed by atoms with Crippen LogP contribution in [-0.2, 0) is 4.74 Å². The number of hydrogen-bond acceptors (Lipinski definition) is 3. The second kappa shape index (κ2) is 3.92. The van der Waals surface area contributed by atoms with Crippen LogP contribution in [0.1, 0.15) is 61.9 Å². The van der Waals surface area contributed by atoms with E-state index >= 15 is 0 Å². The van der Waals surface area contributed by atoms with Crippen LogP contribution in [-0.4, -0.2) is 27.3 Å². The van der Waals surface area contributed by atoms with Gasteiger partial charge in [-0.1, -0.05) is 0 Å². The number of aldehydes is 1. The van der Waals surface area contributed by atoms with Crippen molar-refractivity contribution >= 4 is 6.29 Å². The number of carbonyl (C=O) groups is 1. The molecule has 1 saturated heterocycles. The van der Waals surface area contributed by atoms with Crippen LogP contribution in [0.5, 0.6) is 0 Å². The van der Waals surface area contributed by atoms with Gasteiger partial charge in [0.15, 0.2) is 6.29 Å². The fourth-order valence-corrected chi connectivity index (χ4v) is 3.06. The maximum atomic E-state index is 11.1. The van der Waals surface area contributed by atoms with E-state index in [9.17, 15) is 4.79 Å². The summed E-state index contributed by atoms with van der Waals surface area (Å²) in [6.45, 7) is 12.2. The van der Waals surface area contributed by atoms with Crippen molar-refractivity contribution in [3.8, 4) is 0 Å². The molecule has 0 saturated carbocycles. The van der Waals surface area contributed by atoms with Gasteiger partial charge in [-0.15, -0.1) is 0 Å². The Morgan fingerprint density at radius 2 is 1.94 bits per heavy atom. The largest absolute Gasteiger partial charge is 0.367 e. The van der Waals surface area contributed by atoms with Crippen molar-refractivity contribution in [2.24, 2.45) is 0 Å². The fraction of sp³-hybridized carbons (Fsp3) is 0.714. The van der Waals surface area contributed by atoms with E-state index in [-0.39, 0.29) is 17.2 Å². The monoisotopic (exact) mass is 250 g/mol. The van der Waals surface area contributed by atoms with Crippen LogP contribution in [0.3, 0.4) is 0 Å². The van der Waals surface area contributed by atoms with E-state index in [1.807, 2.05) is 18.5 Å². The molecule has 18 heavy (non-hydrogen) atoms. The first-order chi connectivity index (χ1) is 8.18. The normalized spacial score (nSPS) is 25.3. The Balaban J connectivity index is 2.47. The van der Waals surface area contributed by atoms with Crippen molar-refractivity contribution in [2.75, 3.05) is 0 Å². The number of carbonyl (C=O) groups excluding carboxylic acids is 1. The minimum atomic E-state index is -0.271. The molecule has 4 heteroatoms. The predicted octanol–water partition coefficient (Wildman–Crippen LogP) is 2.83. The van der Waals surface area contributed by atoms with Crippen LogP contribution >= 0.6 is 0 Å². The molecule has 1 aliphatic rings. The van der Waals surface area contributed by atoms with Crippen molar-refractivity contribution in [2.45, 2.75) is 65.2 Å². The molecule has 1 fully saturated rings. The molecular formula is C14H22N2O2. The number of nitrogens with zero attached hydrogens (tertiary/aromatic N) is 2. The maximum absolute atomic E-state index is 11.1. The van der Waals surface area contributed by atoms with Crippen molar-refractivity contribution in [1.82, 2.24) is 9.78 Å². The molecule has 2 rings (SSSR count). The molecule has 4 nitrogen and oxygen atoms in total. The number of rotatable bonds is 2. The Bertz CT molecular complexity index is 486. The number of hydrogen-bond donors (Lipinski definition) is 0. The summed E-state index contributed by atoms with van der Waals surface area (Å²) in [6, 6.07) is 0.167. The Morgan fingerprint density at radius 1 is 1.33 bits per heavy atom. The molecule has 0 aromatic carbocycles. The number of aryl methyl sites for hydroxylation is 1. The number of aromatic nitrogens is 2. The van der Waals surface area contributed by atoms with E-state index in [0.29, 0.717) is 5.56 Å². The van der Waals surface area contributed by atoms with Gasteiger partial charge in [-0.2, -0.15) is 5.10 Å². The second-order valence-corrected chi connectivity index (χ2v) is 6.33. The molecule has 1 aromatic heterocycles. The van der Waals surface area contributed by atoms with Crippen molar-refractivity contribution < 1.29 is 9.53 Å². The summed E-state index contributed by atoms with van der Waals surface area (Å²) >= 11 is 0. The first-order valence-corrected chi connectivity index (χ1v) is 6.39. The highest BCUT2D eigenvalue weighted by Gasteiger charge is 2.47. The topological polar surface area (TPSA) is 44.1 Å². The highest BCUT2D eigenvalue weighted by Crippen LogP contribution is 2.45. The molecule has 100 valence electrons. The van der Waals surface area contributed by atoms with Gasteiger partial charge in [0.2, 0.25) is 0 Å². The van der Waals surface area contributed by atoms with Gasteiger partial charge in [-0.3, -0.25) is 9.48 Å². The van der Waals surface area contributed by atoms with E-state index in [4.69, 9.17) is 4.74 Å². The molecule has 2 heterocycles. The molecule has 0 spiro atoms. The van der Waals surface area contributed by atoms with Crippen molar-refractivity contribution in [3.05, 3.63) is 17.0 Å². The summed E-state index contributed by atoms with van der Waals surface area (Å²) in [5, 5.41) is 4.53. The van der Waals surface area contributed by atoms with Crippen LogP contribution in [0.15, 0.2) is 0 Å². The summed E-state index contributed by atoms with van der Waals surface area (Å²) in [5.74, 6) is 0. The summed E-state index contributed by atoms with van der Waals surface area (Å²) < 4.78 is 8.06.